The molecule has 45 heavy (non-hydrogen) atoms. The lowest BCUT2D eigenvalue weighted by molar-refractivity contribution is -0.355. The number of aliphatic hydroxyl groups is 4. The Labute approximate surface area is 261 Å². The second-order valence-electron chi connectivity index (χ2n) is 11.9. The summed E-state index contributed by atoms with van der Waals surface area (Å²) < 4.78 is 22.2. The Hall–Kier alpha value is -3.52. The monoisotopic (exact) mass is 627 g/mol. The van der Waals surface area contributed by atoms with Gasteiger partial charge in [0.1, 0.15) is 12.2 Å². The Kier molecular flexibility index (Phi) is 10.1. The topological polar surface area (TPSA) is 184 Å². The maximum Gasteiger partial charge on any atom is 0.334 e. The van der Waals surface area contributed by atoms with Crippen LogP contribution < -0.4 is 10.1 Å². The van der Waals surface area contributed by atoms with Crippen LogP contribution in [-0.2, 0) is 36.6 Å². The van der Waals surface area contributed by atoms with Gasteiger partial charge in [-0.05, 0) is 78.0 Å². The van der Waals surface area contributed by atoms with E-state index in [1.54, 1.807) is 18.2 Å². The number of carbonyl (C=O) groups is 2. The number of aromatic hydroxyl groups is 1. The third-order valence-electron chi connectivity index (χ3n) is 8.92. The van der Waals surface area contributed by atoms with Gasteiger partial charge in [-0.2, -0.15) is 0 Å². The number of ether oxygens (including phenoxy) is 4. The molecule has 0 amide bonds. The number of β-amino-alcohol motifs (C(OH)–C–C–N with tert-alkyl or cyclic N) is 1. The Balaban J connectivity index is 1.55. The Morgan fingerprint density at radius 2 is 1.96 bits per heavy atom. The fraction of sp³-hybridized carbons (Fsp3) is 0.515. The smallest absolute Gasteiger partial charge is 0.334 e. The van der Waals surface area contributed by atoms with Gasteiger partial charge in [-0.25, -0.2) is 4.79 Å². The molecule has 2 saturated heterocycles. The SMILES string of the molecule is COc1cc(C=C(CC2c3cc(CCO)ccc3CCC2CO)C(=O)OC2C(OC(C)=O)C(O)C3CNCC2(O)O3)ccc1O. The predicted octanol–water partition coefficient (Wildman–Crippen LogP) is 0.943. The highest BCUT2D eigenvalue weighted by molar-refractivity contribution is 5.94. The molecule has 6 N–H and O–H groups in total. The Bertz CT molecular complexity index is 1430. The summed E-state index contributed by atoms with van der Waals surface area (Å²) in [4.78, 5) is 26.2. The number of aliphatic hydroxyl groups excluding tert-OH is 3. The number of carbonyl (C=O) groups excluding carboxylic acids is 2. The molecular formula is C33H41NO11. The van der Waals surface area contributed by atoms with Crippen LogP contribution in [0.2, 0.25) is 0 Å². The molecule has 7 atom stereocenters. The average Bonchev–Trinajstić information content (AvgIpc) is 3.02. The average molecular weight is 628 g/mol. The number of fused-ring (bicyclic) bond motifs is 3. The summed E-state index contributed by atoms with van der Waals surface area (Å²) in [6.07, 6.45) is -1.67. The van der Waals surface area contributed by atoms with Crippen LogP contribution in [0.1, 0.15) is 47.9 Å². The standard InChI is InChI=1S/C33H41NO11/c1-18(37)43-30-29(39)28-15-34-17-33(41,45-28)31(30)44-32(40)23(11-20-4-8-26(38)27(13-20)42-2)14-25-22(16-36)7-6-21-5-3-19(9-10-35)12-24(21)25/h3-5,8,11-13,22,25,28-31,34-36,38-39,41H,6-7,9-10,14-17H2,1-2H3. The molecule has 0 radical (unpaired) electrons. The minimum atomic E-state index is -2.09. The predicted molar refractivity (Wildman–Crippen MR) is 160 cm³/mol. The maximum absolute atomic E-state index is 14.2. The largest absolute Gasteiger partial charge is 0.504 e. The van der Waals surface area contributed by atoms with Crippen molar-refractivity contribution in [3.8, 4) is 11.5 Å². The van der Waals surface area contributed by atoms with Crippen LogP contribution in [0.15, 0.2) is 42.0 Å². The van der Waals surface area contributed by atoms with Crippen molar-refractivity contribution in [2.24, 2.45) is 5.92 Å². The third kappa shape index (κ3) is 7.01. The summed E-state index contributed by atoms with van der Waals surface area (Å²) in [5.74, 6) is -4.07. The molecule has 2 bridgehead atoms. The lowest BCUT2D eigenvalue weighted by atomic mass is 9.72. The van der Waals surface area contributed by atoms with Crippen LogP contribution in [0.5, 0.6) is 11.5 Å². The molecule has 7 unspecified atom stereocenters. The quantitative estimate of drug-likeness (QED) is 0.162. The zero-order valence-corrected chi connectivity index (χ0v) is 25.3. The highest BCUT2D eigenvalue weighted by atomic mass is 16.7. The summed E-state index contributed by atoms with van der Waals surface area (Å²) in [5, 5.41) is 55.4. The van der Waals surface area contributed by atoms with E-state index in [4.69, 9.17) is 18.9 Å². The van der Waals surface area contributed by atoms with Gasteiger partial charge in [0, 0.05) is 32.3 Å². The second-order valence-corrected chi connectivity index (χ2v) is 11.9. The van der Waals surface area contributed by atoms with Crippen molar-refractivity contribution in [2.45, 2.75) is 68.7 Å². The molecule has 244 valence electrons. The lowest BCUT2D eigenvalue weighted by Crippen LogP contribution is -2.73. The summed E-state index contributed by atoms with van der Waals surface area (Å²) in [7, 11) is 1.40. The van der Waals surface area contributed by atoms with Crippen LogP contribution in [0.4, 0.5) is 0 Å². The van der Waals surface area contributed by atoms with Crippen LogP contribution in [-0.4, -0.2) is 101 Å². The van der Waals surface area contributed by atoms with Crippen molar-refractivity contribution in [3.63, 3.8) is 0 Å². The van der Waals surface area contributed by atoms with E-state index in [-0.39, 0.29) is 61.6 Å². The van der Waals surface area contributed by atoms with Gasteiger partial charge in [0.2, 0.25) is 5.79 Å². The summed E-state index contributed by atoms with van der Waals surface area (Å²) in [6.45, 7) is 1.06. The number of morpholine rings is 1. The number of esters is 2. The number of benzene rings is 2. The zero-order chi connectivity index (χ0) is 32.3. The number of hydrogen-bond donors (Lipinski definition) is 6. The first-order valence-corrected chi connectivity index (χ1v) is 15.1. The van der Waals surface area contributed by atoms with Gasteiger partial charge < -0.3 is 49.8 Å². The van der Waals surface area contributed by atoms with Gasteiger partial charge in [-0.15, -0.1) is 0 Å². The van der Waals surface area contributed by atoms with Crippen molar-refractivity contribution < 1.29 is 54.1 Å². The molecule has 2 heterocycles. The first-order chi connectivity index (χ1) is 21.6. The summed E-state index contributed by atoms with van der Waals surface area (Å²) in [6, 6.07) is 10.6. The molecule has 3 aliphatic rings. The van der Waals surface area contributed by atoms with E-state index in [1.807, 2.05) is 18.2 Å². The number of phenols is 1. The minimum Gasteiger partial charge on any atom is -0.504 e. The van der Waals surface area contributed by atoms with E-state index >= 15 is 0 Å². The normalized spacial score (nSPS) is 29.4. The summed E-state index contributed by atoms with van der Waals surface area (Å²) >= 11 is 0. The molecule has 0 aromatic heterocycles. The van der Waals surface area contributed by atoms with Gasteiger partial charge in [0.25, 0.3) is 0 Å². The fourth-order valence-corrected chi connectivity index (χ4v) is 6.63. The number of aryl methyl sites for hydroxylation is 1. The van der Waals surface area contributed by atoms with E-state index < -0.39 is 42.1 Å². The first kappa shape index (κ1) is 32.9. The van der Waals surface area contributed by atoms with Crippen molar-refractivity contribution in [2.75, 3.05) is 33.4 Å². The van der Waals surface area contributed by atoms with Crippen molar-refractivity contribution in [1.29, 1.82) is 0 Å². The van der Waals surface area contributed by atoms with E-state index in [1.165, 1.54) is 13.2 Å². The van der Waals surface area contributed by atoms with Crippen LogP contribution in [0.25, 0.3) is 6.08 Å². The van der Waals surface area contributed by atoms with Gasteiger partial charge >= 0.3 is 11.9 Å². The van der Waals surface area contributed by atoms with Crippen molar-refractivity contribution in [1.82, 2.24) is 5.32 Å². The molecule has 1 aliphatic carbocycles. The Morgan fingerprint density at radius 3 is 2.67 bits per heavy atom. The van der Waals surface area contributed by atoms with Crippen LogP contribution in [0, 0.1) is 5.92 Å². The minimum absolute atomic E-state index is 0.0233. The molecule has 2 aliphatic heterocycles. The Morgan fingerprint density at radius 1 is 1.16 bits per heavy atom. The highest BCUT2D eigenvalue weighted by Gasteiger charge is 2.59. The van der Waals surface area contributed by atoms with E-state index in [0.29, 0.717) is 18.4 Å². The molecule has 0 saturated carbocycles. The molecule has 2 fully saturated rings. The van der Waals surface area contributed by atoms with Gasteiger partial charge in [-0.1, -0.05) is 24.3 Å². The molecular weight excluding hydrogens is 586 g/mol. The highest BCUT2D eigenvalue weighted by Crippen LogP contribution is 2.42. The number of hydrogen-bond acceptors (Lipinski definition) is 12. The number of nitrogens with one attached hydrogen (secondary N) is 1. The summed E-state index contributed by atoms with van der Waals surface area (Å²) in [5.41, 5.74) is 3.64. The molecule has 2 aromatic carbocycles. The number of phenolic OH excluding ortho intramolecular Hbond substituents is 1. The maximum atomic E-state index is 14.2. The fourth-order valence-electron chi connectivity index (χ4n) is 6.63. The van der Waals surface area contributed by atoms with Crippen molar-refractivity contribution in [3.05, 3.63) is 64.2 Å². The van der Waals surface area contributed by atoms with E-state index in [2.05, 4.69) is 5.32 Å². The molecule has 5 rings (SSSR count). The zero-order valence-electron chi connectivity index (χ0n) is 25.3. The first-order valence-electron chi connectivity index (χ1n) is 15.1. The molecule has 12 nitrogen and oxygen atoms in total. The van der Waals surface area contributed by atoms with Crippen molar-refractivity contribution >= 4 is 18.0 Å². The number of methoxy groups -OCH3 is 1. The van der Waals surface area contributed by atoms with Crippen LogP contribution in [0.3, 0.4) is 0 Å². The molecule has 2 aromatic rings. The van der Waals surface area contributed by atoms with Gasteiger partial charge in [-0.3, -0.25) is 4.79 Å². The van der Waals surface area contributed by atoms with E-state index in [9.17, 15) is 35.1 Å². The van der Waals surface area contributed by atoms with Crippen LogP contribution >= 0.6 is 0 Å². The molecule has 0 spiro atoms. The third-order valence-corrected chi connectivity index (χ3v) is 8.92. The van der Waals surface area contributed by atoms with E-state index in [0.717, 1.165) is 30.0 Å². The van der Waals surface area contributed by atoms with Gasteiger partial charge in [0.05, 0.1) is 13.7 Å². The lowest BCUT2D eigenvalue weighted by Gasteiger charge is -2.51. The molecule has 12 heteroatoms. The number of rotatable bonds is 10. The van der Waals surface area contributed by atoms with Gasteiger partial charge in [0.15, 0.2) is 23.7 Å². The second kappa shape index (κ2) is 13.9.